The van der Waals surface area contributed by atoms with Gasteiger partial charge in [-0.1, -0.05) is 286 Å². The van der Waals surface area contributed by atoms with Crippen LogP contribution in [0, 0.1) is 0 Å². The van der Waals surface area contributed by atoms with E-state index in [1.165, 1.54) is 199 Å². The van der Waals surface area contributed by atoms with Crippen molar-refractivity contribution in [1.82, 2.24) is 0 Å². The van der Waals surface area contributed by atoms with Gasteiger partial charge < -0.3 is 33.3 Å². The minimum Gasteiger partial charge on any atom is -0.545 e. The molecule has 0 aromatic rings. The molecule has 0 spiro atoms. The van der Waals surface area contributed by atoms with Crippen molar-refractivity contribution in [2.75, 3.05) is 47.5 Å². The van der Waals surface area contributed by atoms with E-state index in [2.05, 4.69) is 86.8 Å². The number of carbonyl (C=O) groups is 3. The van der Waals surface area contributed by atoms with E-state index < -0.39 is 24.3 Å². The van der Waals surface area contributed by atoms with E-state index in [1.807, 2.05) is 21.1 Å². The number of likely N-dealkylation sites (N-methyl/N-ethyl adjacent to an activating group) is 1. The Kier molecular flexibility index (Phi) is 60.2. The molecule has 0 saturated heterocycles. The van der Waals surface area contributed by atoms with E-state index in [9.17, 15) is 19.5 Å². The highest BCUT2D eigenvalue weighted by Gasteiger charge is 2.22. The number of carboxylic acid groups (broad SMARTS) is 1. The predicted molar refractivity (Wildman–Crippen MR) is 343 cm³/mol. The number of carboxylic acids is 1. The molecule has 9 nitrogen and oxygen atoms in total. The molecule has 0 aliphatic rings. The minimum absolute atomic E-state index is 0.144. The molecule has 0 heterocycles. The van der Waals surface area contributed by atoms with Gasteiger partial charge in [-0.15, -0.1) is 0 Å². The number of esters is 2. The van der Waals surface area contributed by atoms with Crippen molar-refractivity contribution in [1.29, 1.82) is 0 Å². The molecule has 81 heavy (non-hydrogen) atoms. The first-order chi connectivity index (χ1) is 39.6. The molecular weight excluding hydrogens is 1010 g/mol. The van der Waals surface area contributed by atoms with Crippen LogP contribution in [0.5, 0.6) is 0 Å². The number of unbranched alkanes of at least 4 members (excludes halogenated alkanes) is 36. The third kappa shape index (κ3) is 64.1. The summed E-state index contributed by atoms with van der Waals surface area (Å²) in [5.74, 6) is -2.29. The van der Waals surface area contributed by atoms with E-state index in [4.69, 9.17) is 18.9 Å². The molecule has 0 aromatic heterocycles. The van der Waals surface area contributed by atoms with E-state index in [1.54, 1.807) is 0 Å². The Balaban J connectivity index is 4.09. The van der Waals surface area contributed by atoms with Crippen molar-refractivity contribution >= 4 is 17.9 Å². The molecule has 0 saturated carbocycles. The summed E-state index contributed by atoms with van der Waals surface area (Å²) >= 11 is 0. The van der Waals surface area contributed by atoms with Crippen molar-refractivity contribution in [2.45, 2.75) is 322 Å². The van der Waals surface area contributed by atoms with Crippen LogP contribution in [0.3, 0.4) is 0 Å². The molecule has 0 fully saturated rings. The van der Waals surface area contributed by atoms with Crippen molar-refractivity contribution in [3.63, 3.8) is 0 Å². The van der Waals surface area contributed by atoms with E-state index >= 15 is 0 Å². The van der Waals surface area contributed by atoms with Crippen LogP contribution in [0.15, 0.2) is 72.9 Å². The molecular formula is C72H129NO8. The van der Waals surface area contributed by atoms with Gasteiger partial charge >= 0.3 is 11.9 Å². The summed E-state index contributed by atoms with van der Waals surface area (Å²) < 4.78 is 22.8. The number of rotatable bonds is 63. The highest BCUT2D eigenvalue weighted by Crippen LogP contribution is 2.18. The van der Waals surface area contributed by atoms with Crippen LogP contribution in [-0.2, 0) is 33.3 Å². The van der Waals surface area contributed by atoms with Gasteiger partial charge in [0, 0.05) is 12.8 Å². The summed E-state index contributed by atoms with van der Waals surface area (Å²) in [6.45, 7) is 4.65. The highest BCUT2D eigenvalue weighted by molar-refractivity contribution is 5.70. The Morgan fingerprint density at radius 1 is 0.383 bits per heavy atom. The van der Waals surface area contributed by atoms with Gasteiger partial charge in [0.1, 0.15) is 13.2 Å². The minimum atomic E-state index is -1.63. The van der Waals surface area contributed by atoms with Gasteiger partial charge in [0.05, 0.1) is 40.3 Å². The number of quaternary nitrogens is 1. The maximum absolute atomic E-state index is 12.9. The second-order valence-electron chi connectivity index (χ2n) is 24.1. The lowest BCUT2D eigenvalue weighted by molar-refractivity contribution is -0.870. The van der Waals surface area contributed by atoms with Gasteiger partial charge in [-0.05, 0) is 83.5 Å². The molecule has 470 valence electrons. The van der Waals surface area contributed by atoms with Gasteiger partial charge in [0.2, 0.25) is 0 Å². The molecule has 2 unspecified atom stereocenters. The van der Waals surface area contributed by atoms with Crippen LogP contribution >= 0.6 is 0 Å². The van der Waals surface area contributed by atoms with Crippen LogP contribution in [-0.4, -0.2) is 82.3 Å². The molecule has 0 aromatic carbocycles. The second-order valence-corrected chi connectivity index (χ2v) is 24.1. The number of hydrogen-bond acceptors (Lipinski definition) is 8. The lowest BCUT2D eigenvalue weighted by Gasteiger charge is -2.26. The van der Waals surface area contributed by atoms with E-state index in [-0.39, 0.29) is 32.2 Å². The maximum Gasteiger partial charge on any atom is 0.306 e. The average Bonchev–Trinajstić information content (AvgIpc) is 3.44. The number of ether oxygens (including phenoxy) is 4. The fourth-order valence-electron chi connectivity index (χ4n) is 9.74. The zero-order valence-corrected chi connectivity index (χ0v) is 53.7. The molecule has 0 aliphatic carbocycles. The Labute approximate surface area is 500 Å². The van der Waals surface area contributed by atoms with Crippen LogP contribution < -0.4 is 5.11 Å². The molecule has 0 N–H and O–H groups in total. The lowest BCUT2D eigenvalue weighted by atomic mass is 10.0. The summed E-state index contributed by atoms with van der Waals surface area (Å²) in [6, 6.07) is 0. The molecule has 9 heteroatoms. The first-order valence-electron chi connectivity index (χ1n) is 34.1. The van der Waals surface area contributed by atoms with E-state index in [0.717, 1.165) is 77.0 Å². The lowest BCUT2D eigenvalue weighted by Crippen LogP contribution is -2.44. The molecule has 0 amide bonds. The predicted octanol–water partition coefficient (Wildman–Crippen LogP) is 19.6. The first kappa shape index (κ1) is 77.7. The summed E-state index contributed by atoms with van der Waals surface area (Å²) in [6.07, 6.45) is 79.9. The summed E-state index contributed by atoms with van der Waals surface area (Å²) in [4.78, 5) is 37.4. The third-order valence-corrected chi connectivity index (χ3v) is 14.9. The van der Waals surface area contributed by atoms with Gasteiger partial charge in [0.25, 0.3) is 0 Å². The van der Waals surface area contributed by atoms with Crippen LogP contribution in [0.2, 0.25) is 0 Å². The normalized spacial score (nSPS) is 13.1. The van der Waals surface area contributed by atoms with Crippen molar-refractivity contribution in [3.05, 3.63) is 72.9 Å². The number of allylic oxidation sites excluding steroid dienone is 12. The zero-order chi connectivity index (χ0) is 59.1. The molecule has 2 atom stereocenters. The van der Waals surface area contributed by atoms with Gasteiger partial charge in [-0.2, -0.15) is 0 Å². The van der Waals surface area contributed by atoms with E-state index in [0.29, 0.717) is 23.9 Å². The summed E-state index contributed by atoms with van der Waals surface area (Å²) in [5, 5.41) is 11.8. The Hall–Kier alpha value is -3.27. The fourth-order valence-corrected chi connectivity index (χ4v) is 9.74. The molecule has 0 radical (unpaired) electrons. The van der Waals surface area contributed by atoms with Gasteiger partial charge in [0.15, 0.2) is 12.4 Å². The molecule has 0 rings (SSSR count). The Morgan fingerprint density at radius 3 is 1.06 bits per heavy atom. The van der Waals surface area contributed by atoms with Crippen molar-refractivity contribution in [3.8, 4) is 0 Å². The number of hydrogen-bond donors (Lipinski definition) is 0. The average molecular weight is 1140 g/mol. The molecule has 0 aliphatic heterocycles. The number of nitrogens with zero attached hydrogens (tertiary/aromatic N) is 1. The fraction of sp³-hybridized carbons (Fsp3) is 0.792. The van der Waals surface area contributed by atoms with Gasteiger partial charge in [-0.25, -0.2) is 0 Å². The van der Waals surface area contributed by atoms with Crippen LogP contribution in [0.4, 0.5) is 0 Å². The quantitative estimate of drug-likeness (QED) is 0.0195. The summed E-state index contributed by atoms with van der Waals surface area (Å²) in [5.41, 5.74) is 0. The first-order valence-corrected chi connectivity index (χ1v) is 34.1. The number of aliphatic carboxylic acids is 1. The van der Waals surface area contributed by atoms with Gasteiger partial charge in [-0.3, -0.25) is 9.59 Å². The van der Waals surface area contributed by atoms with Crippen LogP contribution in [0.25, 0.3) is 0 Å². The Bertz CT molecular complexity index is 1560. The third-order valence-electron chi connectivity index (χ3n) is 14.9. The Morgan fingerprint density at radius 2 is 0.704 bits per heavy atom. The maximum atomic E-state index is 12.9. The van der Waals surface area contributed by atoms with Crippen molar-refractivity contribution in [2.24, 2.45) is 0 Å². The smallest absolute Gasteiger partial charge is 0.306 e. The monoisotopic (exact) mass is 1140 g/mol. The molecule has 0 bridgehead atoms. The SMILES string of the molecule is CC/C=C\C/C=C\C/C=C\C/C=C\C/C=C\CCCCCCCCCC(=O)OC(COC(=O)CCCCCCCCCCCCCCCCCCCCCCC/C=C\CCCCCCCCCC)COC(OCC[N+](C)(C)C)C(=O)[O-]. The topological polar surface area (TPSA) is 111 Å². The summed E-state index contributed by atoms with van der Waals surface area (Å²) in [7, 11) is 5.93. The second kappa shape index (κ2) is 62.8. The largest absolute Gasteiger partial charge is 0.545 e. The zero-order valence-electron chi connectivity index (χ0n) is 53.7. The van der Waals surface area contributed by atoms with Crippen molar-refractivity contribution < 1.29 is 42.9 Å². The standard InChI is InChI=1S/C72H129NO8/c1-6-8-10-12-14-16-18-20-22-24-26-28-30-31-32-33-34-35-36-37-38-39-41-42-44-46-48-50-52-54-56-58-60-62-69(74)79-66-68(67-80-72(71(76)77)78-65-64-73(3,4)5)81-70(75)63-61-59-57-55-53-51-49-47-45-43-40-29-27-25-23-21-19-17-15-13-11-9-7-2/h9,11,15,17,21,23-24,26-27,29,43,45,68,72H,6-8,10,12-14,16,18-20,22,25,28,30-42,44,46-67H2,1-5H3/b11-9-,17-15-,23-21-,26-24-,29-27-,45-43-. The number of carbonyl (C=O) groups excluding carboxylic acids is 3. The van der Waals surface area contributed by atoms with Crippen LogP contribution in [0.1, 0.15) is 309 Å². The highest BCUT2D eigenvalue weighted by atomic mass is 16.7.